The second-order valence-corrected chi connectivity index (χ2v) is 4.99. The lowest BCUT2D eigenvalue weighted by molar-refractivity contribution is 0.424. The van der Waals surface area contributed by atoms with Crippen LogP contribution in [0.5, 0.6) is 0 Å². The minimum Gasteiger partial charge on any atom is -0.406 e. The summed E-state index contributed by atoms with van der Waals surface area (Å²) in [4.78, 5) is 0. The predicted octanol–water partition coefficient (Wildman–Crippen LogP) is 3.49. The maximum Gasteiger partial charge on any atom is 0.320 e. The van der Waals surface area contributed by atoms with E-state index < -0.39 is 0 Å². The molecule has 1 atom stereocenters. The molecule has 0 fully saturated rings. The first-order valence-corrected chi connectivity index (χ1v) is 7.01. The molecule has 1 heterocycles. The minimum atomic E-state index is 0.0663. The van der Waals surface area contributed by atoms with Crippen molar-refractivity contribution in [2.75, 3.05) is 11.9 Å². The highest BCUT2D eigenvalue weighted by Gasteiger charge is 2.13. The van der Waals surface area contributed by atoms with Gasteiger partial charge in [0.15, 0.2) is 0 Å². The number of hydrogen-bond acceptors (Lipinski definition) is 5. The maximum absolute atomic E-state index is 5.65. The van der Waals surface area contributed by atoms with E-state index in [0.717, 1.165) is 18.7 Å². The summed E-state index contributed by atoms with van der Waals surface area (Å²) in [7, 11) is 0. The molecule has 0 amide bonds. The second kappa shape index (κ2) is 6.52. The van der Waals surface area contributed by atoms with E-state index >= 15 is 0 Å². The van der Waals surface area contributed by atoms with Crippen LogP contribution in [0.15, 0.2) is 22.6 Å². The Morgan fingerprint density at radius 2 is 2.05 bits per heavy atom. The molecule has 0 aliphatic rings. The van der Waals surface area contributed by atoms with Crippen LogP contribution < -0.4 is 10.6 Å². The van der Waals surface area contributed by atoms with Crippen LogP contribution in [0.3, 0.4) is 0 Å². The summed E-state index contributed by atoms with van der Waals surface area (Å²) >= 11 is 0. The highest BCUT2D eigenvalue weighted by Crippen LogP contribution is 2.23. The average molecular weight is 274 g/mol. The fourth-order valence-corrected chi connectivity index (χ4v) is 1.91. The van der Waals surface area contributed by atoms with Gasteiger partial charge in [-0.05, 0) is 50.9 Å². The molecular formula is C15H22N4O. The van der Waals surface area contributed by atoms with Gasteiger partial charge in [-0.15, -0.1) is 5.10 Å². The molecule has 0 saturated carbocycles. The van der Waals surface area contributed by atoms with Crippen LogP contribution in [0.2, 0.25) is 0 Å². The number of aromatic nitrogens is 2. The highest BCUT2D eigenvalue weighted by atomic mass is 16.4. The van der Waals surface area contributed by atoms with Crippen molar-refractivity contribution in [3.05, 3.63) is 35.2 Å². The highest BCUT2D eigenvalue weighted by molar-refractivity contribution is 5.59. The Balaban J connectivity index is 2.07. The standard InChI is InChI=1S/C15H22N4O/c1-5-9-16-12(4)14-18-19-15(20-14)17-13-8-6-7-10(2)11(13)3/h6-8,12,16H,5,9H2,1-4H3,(H,17,19). The molecule has 20 heavy (non-hydrogen) atoms. The van der Waals surface area contributed by atoms with E-state index in [-0.39, 0.29) is 6.04 Å². The smallest absolute Gasteiger partial charge is 0.320 e. The van der Waals surface area contributed by atoms with Crippen LogP contribution in [-0.2, 0) is 0 Å². The Kier molecular flexibility index (Phi) is 4.74. The quantitative estimate of drug-likeness (QED) is 0.844. The second-order valence-electron chi connectivity index (χ2n) is 4.99. The van der Waals surface area contributed by atoms with Crippen LogP contribution in [-0.4, -0.2) is 16.7 Å². The number of rotatable bonds is 6. The Bertz CT molecular complexity index is 565. The molecule has 0 aliphatic carbocycles. The topological polar surface area (TPSA) is 63.0 Å². The zero-order valence-corrected chi connectivity index (χ0v) is 12.5. The molecule has 5 heteroatoms. The lowest BCUT2D eigenvalue weighted by Crippen LogP contribution is -2.19. The van der Waals surface area contributed by atoms with E-state index in [4.69, 9.17) is 4.42 Å². The zero-order chi connectivity index (χ0) is 14.5. The van der Waals surface area contributed by atoms with Gasteiger partial charge in [-0.2, -0.15) is 0 Å². The van der Waals surface area contributed by atoms with Crippen molar-refractivity contribution in [1.29, 1.82) is 0 Å². The van der Waals surface area contributed by atoms with Gasteiger partial charge in [0.25, 0.3) is 0 Å². The number of hydrogen-bond donors (Lipinski definition) is 2. The summed E-state index contributed by atoms with van der Waals surface area (Å²) in [6.45, 7) is 9.23. The van der Waals surface area contributed by atoms with Gasteiger partial charge in [-0.1, -0.05) is 24.2 Å². The molecule has 1 aromatic heterocycles. The van der Waals surface area contributed by atoms with Crippen molar-refractivity contribution in [2.45, 2.75) is 40.2 Å². The van der Waals surface area contributed by atoms with Gasteiger partial charge in [0.05, 0.1) is 6.04 Å². The molecule has 2 N–H and O–H groups in total. The van der Waals surface area contributed by atoms with Crippen molar-refractivity contribution in [3.8, 4) is 0 Å². The van der Waals surface area contributed by atoms with E-state index in [1.165, 1.54) is 11.1 Å². The predicted molar refractivity (Wildman–Crippen MR) is 80.2 cm³/mol. The van der Waals surface area contributed by atoms with Crippen molar-refractivity contribution in [1.82, 2.24) is 15.5 Å². The fourth-order valence-electron chi connectivity index (χ4n) is 1.91. The van der Waals surface area contributed by atoms with Gasteiger partial charge in [0.1, 0.15) is 0 Å². The normalized spacial score (nSPS) is 12.4. The Morgan fingerprint density at radius 1 is 1.25 bits per heavy atom. The molecule has 0 spiro atoms. The summed E-state index contributed by atoms with van der Waals surface area (Å²) in [6, 6.07) is 6.59. The van der Waals surface area contributed by atoms with Crippen molar-refractivity contribution in [2.24, 2.45) is 0 Å². The van der Waals surface area contributed by atoms with Gasteiger partial charge >= 0.3 is 6.01 Å². The molecular weight excluding hydrogens is 252 g/mol. The third kappa shape index (κ3) is 3.36. The van der Waals surface area contributed by atoms with Crippen molar-refractivity contribution in [3.63, 3.8) is 0 Å². The van der Waals surface area contributed by atoms with Crippen LogP contribution >= 0.6 is 0 Å². The van der Waals surface area contributed by atoms with E-state index in [2.05, 4.69) is 47.7 Å². The maximum atomic E-state index is 5.65. The number of benzene rings is 1. The Morgan fingerprint density at radius 3 is 2.80 bits per heavy atom. The molecule has 0 saturated heterocycles. The molecule has 5 nitrogen and oxygen atoms in total. The zero-order valence-electron chi connectivity index (χ0n) is 12.5. The van der Waals surface area contributed by atoms with Crippen molar-refractivity contribution >= 4 is 11.7 Å². The molecule has 0 radical (unpaired) electrons. The summed E-state index contributed by atoms with van der Waals surface area (Å²) in [5.74, 6) is 0.603. The average Bonchev–Trinajstić information content (AvgIpc) is 2.90. The molecule has 1 unspecified atom stereocenters. The van der Waals surface area contributed by atoms with E-state index in [9.17, 15) is 0 Å². The number of nitrogens with one attached hydrogen (secondary N) is 2. The minimum absolute atomic E-state index is 0.0663. The van der Waals surface area contributed by atoms with Gasteiger partial charge in [-0.25, -0.2) is 0 Å². The monoisotopic (exact) mass is 274 g/mol. The third-order valence-corrected chi connectivity index (χ3v) is 3.36. The van der Waals surface area contributed by atoms with Gasteiger partial charge in [-0.3, -0.25) is 0 Å². The number of anilines is 2. The first kappa shape index (κ1) is 14.5. The van der Waals surface area contributed by atoms with Crippen LogP contribution in [0.1, 0.15) is 43.3 Å². The van der Waals surface area contributed by atoms with E-state index in [1.807, 2.05) is 19.1 Å². The third-order valence-electron chi connectivity index (χ3n) is 3.36. The number of aryl methyl sites for hydroxylation is 1. The first-order valence-electron chi connectivity index (χ1n) is 7.01. The lowest BCUT2D eigenvalue weighted by atomic mass is 10.1. The SMILES string of the molecule is CCCNC(C)c1nnc(Nc2cccc(C)c2C)o1. The van der Waals surface area contributed by atoms with Crippen molar-refractivity contribution < 1.29 is 4.42 Å². The molecule has 108 valence electrons. The number of nitrogens with zero attached hydrogens (tertiary/aromatic N) is 2. The van der Waals surface area contributed by atoms with Crippen LogP contribution in [0.25, 0.3) is 0 Å². The van der Waals surface area contributed by atoms with Gasteiger partial charge in [0.2, 0.25) is 5.89 Å². The van der Waals surface area contributed by atoms with E-state index in [0.29, 0.717) is 11.9 Å². The molecule has 0 bridgehead atoms. The molecule has 0 aliphatic heterocycles. The summed E-state index contributed by atoms with van der Waals surface area (Å²) in [6.07, 6.45) is 1.08. The summed E-state index contributed by atoms with van der Waals surface area (Å²) < 4.78 is 5.65. The van der Waals surface area contributed by atoms with Crippen LogP contribution in [0.4, 0.5) is 11.7 Å². The molecule has 1 aromatic carbocycles. The molecule has 2 rings (SSSR count). The Labute approximate surface area is 119 Å². The Hall–Kier alpha value is -1.88. The van der Waals surface area contributed by atoms with E-state index in [1.54, 1.807) is 0 Å². The largest absolute Gasteiger partial charge is 0.406 e. The lowest BCUT2D eigenvalue weighted by Gasteiger charge is -2.09. The van der Waals surface area contributed by atoms with Gasteiger partial charge < -0.3 is 15.1 Å². The fraction of sp³-hybridized carbons (Fsp3) is 0.467. The summed E-state index contributed by atoms with van der Waals surface area (Å²) in [5.41, 5.74) is 3.41. The van der Waals surface area contributed by atoms with Gasteiger partial charge in [0, 0.05) is 5.69 Å². The van der Waals surface area contributed by atoms with Crippen LogP contribution in [0, 0.1) is 13.8 Å². The summed E-state index contributed by atoms with van der Waals surface area (Å²) in [5, 5.41) is 14.6. The first-order chi connectivity index (χ1) is 9.61. The molecule has 2 aromatic rings.